The average molecular weight is 469 g/mol. The second kappa shape index (κ2) is 10.1. The molecule has 5 nitrogen and oxygen atoms in total. The first kappa shape index (κ1) is 21.6. The first-order chi connectivity index (χ1) is 14.4. The van der Waals surface area contributed by atoms with Crippen molar-refractivity contribution in [3.8, 4) is 22.6 Å². The Morgan fingerprint density at radius 3 is 2.47 bits per heavy atom. The summed E-state index contributed by atoms with van der Waals surface area (Å²) in [4.78, 5) is 21.4. The molecule has 1 aliphatic heterocycles. The first-order valence-corrected chi connectivity index (χ1v) is 10.3. The standard InChI is InChI=1S/C15H14O3.C9H7BrO2/c16-14-8-6-12(11-4-2-1-3-5-11)10-13(14)7-9-15(17)18;10-7-2-3-8-6(5-7)1-4-9(11)12-8/h1-6,8,10,16H,7,9H2,(H,17,18);2-3,5H,1,4H2. The smallest absolute Gasteiger partial charge is 0.311 e. The van der Waals surface area contributed by atoms with Crippen LogP contribution in [0.15, 0.2) is 71.2 Å². The van der Waals surface area contributed by atoms with Crippen molar-refractivity contribution in [1.29, 1.82) is 0 Å². The molecule has 30 heavy (non-hydrogen) atoms. The van der Waals surface area contributed by atoms with Crippen molar-refractivity contribution >= 4 is 27.9 Å². The molecule has 0 saturated heterocycles. The van der Waals surface area contributed by atoms with Crippen molar-refractivity contribution in [2.24, 2.45) is 0 Å². The molecule has 2 N–H and O–H groups in total. The van der Waals surface area contributed by atoms with E-state index in [0.29, 0.717) is 24.2 Å². The van der Waals surface area contributed by atoms with Gasteiger partial charge in [-0.05, 0) is 65.4 Å². The number of carboxylic acid groups (broad SMARTS) is 1. The highest BCUT2D eigenvalue weighted by Gasteiger charge is 2.16. The van der Waals surface area contributed by atoms with Crippen LogP contribution in [0.3, 0.4) is 0 Å². The SMILES string of the molecule is O=C(O)CCc1cc(-c2ccccc2)ccc1O.O=C1CCc2cc(Br)ccc2O1. The predicted molar refractivity (Wildman–Crippen MR) is 118 cm³/mol. The summed E-state index contributed by atoms with van der Waals surface area (Å²) in [5.41, 5.74) is 3.80. The number of phenolic OH excluding ortho intramolecular Hbond substituents is 1. The number of carbonyl (C=O) groups is 2. The molecule has 0 saturated carbocycles. The minimum Gasteiger partial charge on any atom is -0.508 e. The summed E-state index contributed by atoms with van der Waals surface area (Å²) in [6.45, 7) is 0. The van der Waals surface area contributed by atoms with Crippen LogP contribution >= 0.6 is 15.9 Å². The number of hydrogen-bond acceptors (Lipinski definition) is 4. The van der Waals surface area contributed by atoms with Crippen molar-refractivity contribution in [2.75, 3.05) is 0 Å². The molecule has 4 rings (SSSR count). The summed E-state index contributed by atoms with van der Waals surface area (Å²) in [5.74, 6) is -0.144. The summed E-state index contributed by atoms with van der Waals surface area (Å²) < 4.78 is 6.05. The summed E-state index contributed by atoms with van der Waals surface area (Å²) >= 11 is 3.37. The molecule has 0 spiro atoms. The number of aryl methyl sites for hydroxylation is 2. The lowest BCUT2D eigenvalue weighted by Gasteiger charge is -2.14. The lowest BCUT2D eigenvalue weighted by atomic mass is 10.0. The van der Waals surface area contributed by atoms with Crippen LogP contribution in [-0.4, -0.2) is 22.2 Å². The molecule has 1 aliphatic rings. The van der Waals surface area contributed by atoms with E-state index in [9.17, 15) is 14.7 Å². The number of phenols is 1. The van der Waals surface area contributed by atoms with Crippen LogP contribution in [0.1, 0.15) is 24.0 Å². The van der Waals surface area contributed by atoms with Crippen molar-refractivity contribution in [1.82, 2.24) is 0 Å². The van der Waals surface area contributed by atoms with E-state index < -0.39 is 5.97 Å². The van der Waals surface area contributed by atoms with Gasteiger partial charge in [0.1, 0.15) is 11.5 Å². The Bertz CT molecular complexity index is 1050. The predicted octanol–water partition coefficient (Wildman–Crippen LogP) is 5.38. The van der Waals surface area contributed by atoms with E-state index in [1.807, 2.05) is 60.7 Å². The lowest BCUT2D eigenvalue weighted by Crippen LogP contribution is -2.15. The number of carboxylic acids is 1. The van der Waals surface area contributed by atoms with E-state index in [-0.39, 0.29) is 18.1 Å². The van der Waals surface area contributed by atoms with E-state index in [0.717, 1.165) is 27.6 Å². The quantitative estimate of drug-likeness (QED) is 0.396. The number of halogens is 1. The van der Waals surface area contributed by atoms with Gasteiger partial charge in [-0.3, -0.25) is 9.59 Å². The molecule has 0 bridgehead atoms. The van der Waals surface area contributed by atoms with Crippen LogP contribution in [-0.2, 0) is 22.4 Å². The molecule has 0 fully saturated rings. The van der Waals surface area contributed by atoms with Crippen LogP contribution in [0, 0.1) is 0 Å². The van der Waals surface area contributed by atoms with Gasteiger partial charge in [-0.25, -0.2) is 0 Å². The van der Waals surface area contributed by atoms with Gasteiger partial charge in [0, 0.05) is 10.9 Å². The van der Waals surface area contributed by atoms with E-state index in [1.165, 1.54) is 0 Å². The number of benzene rings is 3. The second-order valence-electron chi connectivity index (χ2n) is 6.83. The summed E-state index contributed by atoms with van der Waals surface area (Å²) in [6.07, 6.45) is 1.63. The molecule has 3 aromatic rings. The molecule has 1 heterocycles. The van der Waals surface area contributed by atoms with Gasteiger partial charge in [0.05, 0.1) is 6.42 Å². The Labute approximate surface area is 183 Å². The van der Waals surface area contributed by atoms with Gasteiger partial charge in [0.25, 0.3) is 0 Å². The molecule has 3 aromatic carbocycles. The third kappa shape index (κ3) is 5.94. The monoisotopic (exact) mass is 468 g/mol. The van der Waals surface area contributed by atoms with E-state index >= 15 is 0 Å². The van der Waals surface area contributed by atoms with Crippen molar-refractivity contribution in [2.45, 2.75) is 25.7 Å². The Hall–Kier alpha value is -3.12. The first-order valence-electron chi connectivity index (χ1n) is 9.50. The van der Waals surface area contributed by atoms with E-state index in [2.05, 4.69) is 15.9 Å². The van der Waals surface area contributed by atoms with E-state index in [4.69, 9.17) is 9.84 Å². The Kier molecular flexibility index (Phi) is 7.25. The highest BCUT2D eigenvalue weighted by molar-refractivity contribution is 9.10. The summed E-state index contributed by atoms with van der Waals surface area (Å²) in [7, 11) is 0. The number of aliphatic carboxylic acids is 1. The maximum atomic E-state index is 10.9. The molecule has 0 unspecified atom stereocenters. The molecule has 0 amide bonds. The Morgan fingerprint density at radius 1 is 0.967 bits per heavy atom. The van der Waals surface area contributed by atoms with Crippen LogP contribution in [0.25, 0.3) is 11.1 Å². The van der Waals surface area contributed by atoms with Crippen LogP contribution in [0.5, 0.6) is 11.5 Å². The average Bonchev–Trinajstić information content (AvgIpc) is 2.74. The summed E-state index contributed by atoms with van der Waals surface area (Å²) in [5, 5.41) is 18.4. The zero-order valence-electron chi connectivity index (χ0n) is 16.2. The van der Waals surface area contributed by atoms with Gasteiger partial charge in [0.15, 0.2) is 0 Å². The zero-order valence-corrected chi connectivity index (χ0v) is 17.8. The van der Waals surface area contributed by atoms with Gasteiger partial charge in [0.2, 0.25) is 0 Å². The summed E-state index contributed by atoms with van der Waals surface area (Å²) in [6, 6.07) is 20.7. The van der Waals surface area contributed by atoms with E-state index in [1.54, 1.807) is 6.07 Å². The highest BCUT2D eigenvalue weighted by Crippen LogP contribution is 2.28. The topological polar surface area (TPSA) is 83.8 Å². The molecule has 0 radical (unpaired) electrons. The zero-order chi connectivity index (χ0) is 21.5. The van der Waals surface area contributed by atoms with Crippen LogP contribution in [0.2, 0.25) is 0 Å². The molecule has 154 valence electrons. The Morgan fingerprint density at radius 2 is 1.73 bits per heavy atom. The highest BCUT2D eigenvalue weighted by atomic mass is 79.9. The van der Waals surface area contributed by atoms with Crippen LogP contribution in [0.4, 0.5) is 0 Å². The fourth-order valence-corrected chi connectivity index (χ4v) is 3.50. The maximum absolute atomic E-state index is 10.9. The molecule has 0 aliphatic carbocycles. The minimum absolute atomic E-state index is 0.0196. The van der Waals surface area contributed by atoms with Crippen molar-refractivity contribution in [3.05, 3.63) is 82.3 Å². The molecule has 0 aromatic heterocycles. The number of aromatic hydroxyl groups is 1. The fraction of sp³-hybridized carbons (Fsp3) is 0.167. The van der Waals surface area contributed by atoms with Gasteiger partial charge < -0.3 is 14.9 Å². The molecule has 6 heteroatoms. The third-order valence-electron chi connectivity index (χ3n) is 4.64. The van der Waals surface area contributed by atoms with Gasteiger partial charge in [-0.1, -0.05) is 52.3 Å². The second-order valence-corrected chi connectivity index (χ2v) is 7.75. The number of rotatable bonds is 4. The normalized spacial score (nSPS) is 12.2. The number of esters is 1. The van der Waals surface area contributed by atoms with Crippen LogP contribution < -0.4 is 4.74 Å². The minimum atomic E-state index is -0.862. The fourth-order valence-electron chi connectivity index (χ4n) is 3.09. The molecular weight excluding hydrogens is 448 g/mol. The van der Waals surface area contributed by atoms with Gasteiger partial charge >= 0.3 is 11.9 Å². The maximum Gasteiger partial charge on any atom is 0.311 e. The van der Waals surface area contributed by atoms with Gasteiger partial charge in [-0.2, -0.15) is 0 Å². The number of hydrogen-bond donors (Lipinski definition) is 2. The molecule has 0 atom stereocenters. The van der Waals surface area contributed by atoms with Gasteiger partial charge in [-0.15, -0.1) is 0 Å². The molecular formula is C24H21BrO5. The third-order valence-corrected chi connectivity index (χ3v) is 5.13. The number of ether oxygens (including phenoxy) is 1. The van der Waals surface area contributed by atoms with Crippen molar-refractivity contribution in [3.63, 3.8) is 0 Å². The Balaban J connectivity index is 0.000000184. The van der Waals surface area contributed by atoms with Crippen molar-refractivity contribution < 1.29 is 24.5 Å². The largest absolute Gasteiger partial charge is 0.508 e. The number of carbonyl (C=O) groups excluding carboxylic acids is 1. The number of fused-ring (bicyclic) bond motifs is 1. The lowest BCUT2D eigenvalue weighted by molar-refractivity contribution is -0.137.